The summed E-state index contributed by atoms with van der Waals surface area (Å²) in [7, 11) is -6.97. The van der Waals surface area contributed by atoms with E-state index in [1.165, 1.54) is 56.6 Å². The van der Waals surface area contributed by atoms with E-state index in [-0.39, 0.29) is 47.3 Å². The number of sulfonamides is 2. The Morgan fingerprint density at radius 2 is 1.13 bits per heavy atom. The number of fused-ring (bicyclic) bond motifs is 2. The second-order valence-electron chi connectivity index (χ2n) is 12.5. The molecule has 3 amide bonds. The standard InChI is InChI=1S/C21H21N5O4S2.C14H16N4O3S2/c1-13(27)23-14-6-8-15(9-7-14)32(29,30)26-11-10-18-19(12-26)31-21(25-18)20(28)24-17-5-3-2-4-16(17)22;1-23(20,21)18-7-6-11-12(8-18)22-14(17-11)13(19)16-10-5-3-2-4-9(10)15/h2-9H,10-12,22H2,1H3,(H,23,27)(H,24,28);2-5H,6-8,15H2,1H3,(H,16,19). The lowest BCUT2D eigenvalue weighted by atomic mass is 10.2. The van der Waals surface area contributed by atoms with Gasteiger partial charge >= 0.3 is 0 Å². The van der Waals surface area contributed by atoms with Gasteiger partial charge in [-0.05, 0) is 48.5 Å². The summed E-state index contributed by atoms with van der Waals surface area (Å²) in [6.07, 6.45) is 2.11. The normalized spacial score (nSPS) is 14.4. The second-order valence-corrected chi connectivity index (χ2v) is 18.6. The lowest BCUT2D eigenvalue weighted by molar-refractivity contribution is -0.114. The molecule has 55 heavy (non-hydrogen) atoms. The summed E-state index contributed by atoms with van der Waals surface area (Å²) in [6, 6.07) is 19.9. The predicted octanol–water partition coefficient (Wildman–Crippen LogP) is 3.98. The first kappa shape index (κ1) is 39.4. The third-order valence-corrected chi connectivity index (χ3v) is 13.8. The molecule has 0 bridgehead atoms. The summed E-state index contributed by atoms with van der Waals surface area (Å²) in [5.41, 5.74) is 15.7. The summed E-state index contributed by atoms with van der Waals surface area (Å²) in [5.74, 6) is -0.956. The number of para-hydroxylation sites is 4. The number of carbonyl (C=O) groups excluding carboxylic acids is 3. The maximum Gasteiger partial charge on any atom is 0.284 e. The molecule has 0 saturated carbocycles. The van der Waals surface area contributed by atoms with Crippen LogP contribution in [0, 0.1) is 0 Å². The Kier molecular flexibility index (Phi) is 11.6. The molecule has 288 valence electrons. The van der Waals surface area contributed by atoms with Crippen molar-refractivity contribution in [3.05, 3.63) is 104 Å². The summed E-state index contributed by atoms with van der Waals surface area (Å²) in [4.78, 5) is 46.5. The first-order valence-corrected chi connectivity index (χ1v) is 21.6. The van der Waals surface area contributed by atoms with Crippen LogP contribution in [0.2, 0.25) is 0 Å². The monoisotopic (exact) mass is 823 g/mol. The molecule has 0 atom stereocenters. The number of nitrogens with zero attached hydrogens (tertiary/aromatic N) is 4. The lowest BCUT2D eigenvalue weighted by Gasteiger charge is -2.25. The van der Waals surface area contributed by atoms with Crippen LogP contribution < -0.4 is 27.4 Å². The van der Waals surface area contributed by atoms with Crippen LogP contribution in [0.5, 0.6) is 0 Å². The minimum atomic E-state index is -3.73. The van der Waals surface area contributed by atoms with E-state index in [4.69, 9.17) is 11.5 Å². The molecule has 0 radical (unpaired) electrons. The third-order valence-electron chi connectivity index (χ3n) is 8.48. The molecule has 0 unspecified atom stereocenters. The van der Waals surface area contributed by atoms with Crippen molar-refractivity contribution in [2.24, 2.45) is 0 Å². The number of carbonyl (C=O) groups is 3. The number of amides is 3. The molecule has 0 spiro atoms. The highest BCUT2D eigenvalue weighted by Gasteiger charge is 2.32. The maximum atomic E-state index is 13.1. The van der Waals surface area contributed by atoms with E-state index in [9.17, 15) is 31.2 Å². The highest BCUT2D eigenvalue weighted by atomic mass is 32.2. The molecule has 7 N–H and O–H groups in total. The van der Waals surface area contributed by atoms with Gasteiger partial charge in [-0.3, -0.25) is 14.4 Å². The number of thiazole rings is 2. The highest BCUT2D eigenvalue weighted by Crippen LogP contribution is 2.31. The minimum absolute atomic E-state index is 0.136. The van der Waals surface area contributed by atoms with Crippen LogP contribution in [0.3, 0.4) is 0 Å². The van der Waals surface area contributed by atoms with Crippen molar-refractivity contribution in [3.63, 3.8) is 0 Å². The molecule has 2 aromatic heterocycles. The van der Waals surface area contributed by atoms with Crippen molar-refractivity contribution in [1.82, 2.24) is 18.6 Å². The average Bonchev–Trinajstić information content (AvgIpc) is 3.78. The number of benzene rings is 3. The van der Waals surface area contributed by atoms with Gasteiger partial charge in [0.15, 0.2) is 10.0 Å². The fourth-order valence-electron chi connectivity index (χ4n) is 5.66. The summed E-state index contributed by atoms with van der Waals surface area (Å²) in [6.45, 7) is 2.45. The molecule has 5 aromatic rings. The molecule has 3 aromatic carbocycles. The molecule has 2 aliphatic heterocycles. The van der Waals surface area contributed by atoms with Gasteiger partial charge in [-0.15, -0.1) is 22.7 Å². The van der Waals surface area contributed by atoms with E-state index in [2.05, 4.69) is 25.9 Å². The van der Waals surface area contributed by atoms with Gasteiger partial charge in [-0.25, -0.2) is 26.8 Å². The fourth-order valence-corrected chi connectivity index (χ4v) is 10.1. The minimum Gasteiger partial charge on any atom is -0.397 e. The van der Waals surface area contributed by atoms with Crippen LogP contribution in [0.1, 0.15) is 47.7 Å². The number of anilines is 5. The molecule has 16 nitrogen and oxygen atoms in total. The van der Waals surface area contributed by atoms with Crippen molar-refractivity contribution < 1.29 is 31.2 Å². The topological polar surface area (TPSA) is 240 Å². The van der Waals surface area contributed by atoms with Crippen molar-refractivity contribution in [2.75, 3.05) is 46.8 Å². The predicted molar refractivity (Wildman–Crippen MR) is 213 cm³/mol. The van der Waals surface area contributed by atoms with E-state index >= 15 is 0 Å². The highest BCUT2D eigenvalue weighted by molar-refractivity contribution is 7.89. The van der Waals surface area contributed by atoms with Gasteiger partial charge in [0.2, 0.25) is 26.0 Å². The Morgan fingerprint density at radius 1 is 0.673 bits per heavy atom. The first-order chi connectivity index (χ1) is 26.1. The van der Waals surface area contributed by atoms with Gasteiger partial charge in [-0.1, -0.05) is 24.3 Å². The van der Waals surface area contributed by atoms with Crippen molar-refractivity contribution >= 4 is 88.9 Å². The maximum absolute atomic E-state index is 13.1. The molecular formula is C35H37N9O7S4. The largest absolute Gasteiger partial charge is 0.397 e. The number of rotatable bonds is 8. The van der Waals surface area contributed by atoms with Crippen LogP contribution in [0.25, 0.3) is 0 Å². The average molecular weight is 824 g/mol. The Labute approximate surface area is 325 Å². The fraction of sp³-hybridized carbons (Fsp3) is 0.229. The number of nitrogen functional groups attached to an aromatic ring is 2. The van der Waals surface area contributed by atoms with E-state index in [1.807, 2.05) is 0 Å². The number of hydrogen-bond donors (Lipinski definition) is 5. The Bertz CT molecular complexity index is 2480. The lowest BCUT2D eigenvalue weighted by Crippen LogP contribution is -2.35. The van der Waals surface area contributed by atoms with E-state index in [1.54, 1.807) is 60.7 Å². The SMILES string of the molecule is CC(=O)Nc1ccc(S(=O)(=O)N2CCc3nc(C(=O)Nc4ccccc4N)sc3C2)cc1.CS(=O)(=O)N1CCc2nc(C(=O)Nc3ccccc3N)sc2C1. The van der Waals surface area contributed by atoms with Crippen molar-refractivity contribution in [3.8, 4) is 0 Å². The quantitative estimate of drug-likeness (QED) is 0.140. The summed E-state index contributed by atoms with van der Waals surface area (Å²) in [5, 5.41) is 8.66. The zero-order valence-corrected chi connectivity index (χ0v) is 32.9. The zero-order valence-electron chi connectivity index (χ0n) is 29.6. The number of aromatic nitrogens is 2. The van der Waals surface area contributed by atoms with Crippen LogP contribution in [-0.2, 0) is 50.8 Å². The van der Waals surface area contributed by atoms with Gasteiger partial charge in [0, 0.05) is 54.8 Å². The van der Waals surface area contributed by atoms with Crippen LogP contribution >= 0.6 is 22.7 Å². The third kappa shape index (κ3) is 9.35. The van der Waals surface area contributed by atoms with E-state index < -0.39 is 20.0 Å². The van der Waals surface area contributed by atoms with Crippen molar-refractivity contribution in [1.29, 1.82) is 0 Å². The zero-order chi connectivity index (χ0) is 39.5. The Balaban J connectivity index is 0.000000197. The van der Waals surface area contributed by atoms with Gasteiger partial charge < -0.3 is 27.4 Å². The Hall–Kier alpha value is -5.25. The smallest absolute Gasteiger partial charge is 0.284 e. The van der Waals surface area contributed by atoms with Gasteiger partial charge in [0.25, 0.3) is 11.8 Å². The number of nitrogens with one attached hydrogen (secondary N) is 3. The van der Waals surface area contributed by atoms with Crippen molar-refractivity contribution in [2.45, 2.75) is 37.8 Å². The molecule has 0 fully saturated rings. The number of nitrogens with two attached hydrogens (primary N) is 2. The molecule has 0 aliphatic carbocycles. The van der Waals surface area contributed by atoms with Gasteiger partial charge in [-0.2, -0.15) is 8.61 Å². The van der Waals surface area contributed by atoms with E-state index in [0.29, 0.717) is 52.8 Å². The Morgan fingerprint density at radius 3 is 1.58 bits per heavy atom. The first-order valence-electron chi connectivity index (χ1n) is 16.7. The van der Waals surface area contributed by atoms with E-state index in [0.717, 1.165) is 21.1 Å². The molecular weight excluding hydrogens is 787 g/mol. The molecule has 0 saturated heterocycles. The molecule has 4 heterocycles. The van der Waals surface area contributed by atoms with Gasteiger partial charge in [0.05, 0.1) is 51.8 Å². The van der Waals surface area contributed by atoms with Crippen LogP contribution in [-0.4, -0.2) is 72.5 Å². The summed E-state index contributed by atoms with van der Waals surface area (Å²) < 4.78 is 52.2. The van der Waals surface area contributed by atoms with Crippen LogP contribution in [0.4, 0.5) is 28.4 Å². The van der Waals surface area contributed by atoms with Crippen LogP contribution in [0.15, 0.2) is 77.7 Å². The summed E-state index contributed by atoms with van der Waals surface area (Å²) >= 11 is 2.39. The molecule has 7 rings (SSSR count). The molecule has 20 heteroatoms. The number of hydrogen-bond acceptors (Lipinski definition) is 13. The second kappa shape index (κ2) is 16.2. The molecule has 2 aliphatic rings. The van der Waals surface area contributed by atoms with Gasteiger partial charge in [0.1, 0.15) is 0 Å².